The van der Waals surface area contributed by atoms with Crippen molar-refractivity contribution in [2.75, 3.05) is 25.6 Å². The Labute approximate surface area is 148 Å². The summed E-state index contributed by atoms with van der Waals surface area (Å²) in [4.78, 5) is 18.9. The number of hydrogen-bond donors (Lipinski definition) is 0. The molecule has 4 nitrogen and oxygen atoms in total. The number of likely N-dealkylation sites (N-methyl/N-ethyl adjacent to an activating group) is 1. The van der Waals surface area contributed by atoms with E-state index in [0.29, 0.717) is 23.8 Å². The molecule has 5 heterocycles. The van der Waals surface area contributed by atoms with Gasteiger partial charge in [-0.2, -0.15) is 0 Å². The minimum Gasteiger partial charge on any atom is -0.497 e. The molecule has 1 saturated carbocycles. The first kappa shape index (κ1) is 14.4. The maximum absolute atomic E-state index is 13.9. The van der Waals surface area contributed by atoms with E-state index in [4.69, 9.17) is 4.74 Å². The van der Waals surface area contributed by atoms with Gasteiger partial charge in [-0.15, -0.1) is 0 Å². The number of ketones is 1. The van der Waals surface area contributed by atoms with Gasteiger partial charge < -0.3 is 9.64 Å². The van der Waals surface area contributed by atoms with E-state index in [1.54, 1.807) is 7.11 Å². The molecule has 0 radical (unpaired) electrons. The molecule has 7 atom stereocenters. The molecule has 130 valence electrons. The molecule has 4 heteroatoms. The molecule has 0 N–H and O–H groups in total. The maximum atomic E-state index is 13.9. The Morgan fingerprint density at radius 2 is 2.16 bits per heavy atom. The fourth-order valence-electron chi connectivity index (χ4n) is 7.20. The Hall–Kier alpha value is -1.81. The summed E-state index contributed by atoms with van der Waals surface area (Å²) in [5, 5.41) is 0. The van der Waals surface area contributed by atoms with Gasteiger partial charge in [0.2, 0.25) is 0 Å². The van der Waals surface area contributed by atoms with Gasteiger partial charge >= 0.3 is 0 Å². The summed E-state index contributed by atoms with van der Waals surface area (Å²) in [7, 11) is 3.90. The van der Waals surface area contributed by atoms with Crippen LogP contribution in [0, 0.1) is 11.8 Å². The molecule has 25 heavy (non-hydrogen) atoms. The second-order valence-electron chi connectivity index (χ2n) is 8.52. The number of nitrogens with zero attached hydrogens (tertiary/aromatic N) is 2. The van der Waals surface area contributed by atoms with Crippen LogP contribution >= 0.6 is 0 Å². The van der Waals surface area contributed by atoms with Crippen LogP contribution in [0.4, 0.5) is 5.69 Å². The van der Waals surface area contributed by atoms with E-state index < -0.39 is 0 Å². The van der Waals surface area contributed by atoms with Crippen molar-refractivity contribution in [2.45, 2.75) is 43.3 Å². The van der Waals surface area contributed by atoms with Crippen LogP contribution in [0.25, 0.3) is 0 Å². The monoisotopic (exact) mass is 336 g/mol. The van der Waals surface area contributed by atoms with E-state index in [0.717, 1.165) is 25.1 Å². The normalized spacial score (nSPS) is 46.8. The first-order valence-electron chi connectivity index (χ1n) is 9.48. The summed E-state index contributed by atoms with van der Waals surface area (Å²) >= 11 is 0. The van der Waals surface area contributed by atoms with Gasteiger partial charge in [-0.05, 0) is 37.3 Å². The second kappa shape index (κ2) is 4.29. The Morgan fingerprint density at radius 3 is 2.92 bits per heavy atom. The van der Waals surface area contributed by atoms with E-state index in [-0.39, 0.29) is 17.4 Å². The van der Waals surface area contributed by atoms with Crippen molar-refractivity contribution in [3.63, 3.8) is 0 Å². The summed E-state index contributed by atoms with van der Waals surface area (Å²) in [6.07, 6.45) is 4.43. The van der Waals surface area contributed by atoms with E-state index in [1.165, 1.54) is 16.8 Å². The number of benzene rings is 1. The van der Waals surface area contributed by atoms with Crippen LogP contribution in [0.2, 0.25) is 0 Å². The molecule has 1 aromatic carbocycles. The number of Topliss-reactive ketones (excluding diaryl/α,β-unsaturated/α-hetero) is 1. The molecule has 1 spiro atoms. The number of hydrogen-bond acceptors (Lipinski definition) is 4. The topological polar surface area (TPSA) is 32.8 Å². The number of methoxy groups -OCH3 is 1. The average Bonchev–Trinajstić information content (AvgIpc) is 3.03. The Balaban J connectivity index is 1.59. The number of anilines is 1. The lowest BCUT2D eigenvalue weighted by molar-refractivity contribution is -0.126. The Morgan fingerprint density at radius 1 is 1.32 bits per heavy atom. The van der Waals surface area contributed by atoms with Gasteiger partial charge in [-0.25, -0.2) is 0 Å². The molecule has 4 saturated heterocycles. The van der Waals surface area contributed by atoms with Crippen molar-refractivity contribution >= 4 is 11.5 Å². The molecule has 5 aliphatic heterocycles. The Kier molecular flexibility index (Phi) is 2.47. The molecule has 6 aliphatic rings. The minimum atomic E-state index is -0.287. The summed E-state index contributed by atoms with van der Waals surface area (Å²) in [5.74, 6) is 2.10. The van der Waals surface area contributed by atoms with Gasteiger partial charge in [-0.3, -0.25) is 9.69 Å². The molecule has 7 rings (SSSR count). The average molecular weight is 336 g/mol. The van der Waals surface area contributed by atoms with Gasteiger partial charge in [-0.1, -0.05) is 17.7 Å². The summed E-state index contributed by atoms with van der Waals surface area (Å²) in [6.45, 7) is 3.21. The van der Waals surface area contributed by atoms with Crippen LogP contribution < -0.4 is 9.64 Å². The van der Waals surface area contributed by atoms with Crippen molar-refractivity contribution in [1.82, 2.24) is 4.90 Å². The SMILES string of the molecule is C/C=C1/CN2[C@H]3C[C@]45C(=O)C3[C@H]1C[C@H]2[C@@H]4N(C)c1cc(OC)ccc15. The number of carbonyl (C=O) groups is 1. The van der Waals surface area contributed by atoms with Crippen LogP contribution in [0.15, 0.2) is 29.8 Å². The van der Waals surface area contributed by atoms with Gasteiger partial charge in [0.1, 0.15) is 5.75 Å². The van der Waals surface area contributed by atoms with Crippen molar-refractivity contribution in [2.24, 2.45) is 11.8 Å². The lowest BCUT2D eigenvalue weighted by Crippen LogP contribution is -2.68. The van der Waals surface area contributed by atoms with E-state index in [1.807, 2.05) is 6.07 Å². The van der Waals surface area contributed by atoms with Crippen molar-refractivity contribution in [1.29, 1.82) is 0 Å². The van der Waals surface area contributed by atoms with Crippen LogP contribution in [-0.2, 0) is 10.2 Å². The molecule has 0 aromatic heterocycles. The predicted octanol–water partition coefficient (Wildman–Crippen LogP) is 2.37. The first-order valence-corrected chi connectivity index (χ1v) is 9.48. The quantitative estimate of drug-likeness (QED) is 0.737. The molecule has 5 bridgehead atoms. The van der Waals surface area contributed by atoms with Gasteiger partial charge in [0.05, 0.1) is 18.6 Å². The summed E-state index contributed by atoms with van der Waals surface area (Å²) < 4.78 is 5.46. The lowest BCUT2D eigenvalue weighted by Gasteiger charge is -2.58. The number of fused-ring (bicyclic) bond motifs is 2. The largest absolute Gasteiger partial charge is 0.497 e. The highest BCUT2D eigenvalue weighted by molar-refractivity contribution is 6.01. The zero-order chi connectivity index (χ0) is 17.1. The van der Waals surface area contributed by atoms with E-state index in [2.05, 4.69) is 42.0 Å². The number of piperidine rings is 4. The second-order valence-corrected chi connectivity index (χ2v) is 8.52. The van der Waals surface area contributed by atoms with Crippen molar-refractivity contribution in [3.8, 4) is 5.75 Å². The Bertz CT molecular complexity index is 846. The van der Waals surface area contributed by atoms with Crippen LogP contribution in [-0.4, -0.2) is 49.5 Å². The molecule has 2 unspecified atom stereocenters. The fraction of sp³-hybridized carbons (Fsp3) is 0.571. The molecular formula is C21H24N2O2. The molecule has 1 aromatic rings. The van der Waals surface area contributed by atoms with Crippen molar-refractivity contribution in [3.05, 3.63) is 35.4 Å². The van der Waals surface area contributed by atoms with Gasteiger partial charge in [0, 0.05) is 43.3 Å². The first-order chi connectivity index (χ1) is 12.1. The van der Waals surface area contributed by atoms with Crippen LogP contribution in [0.5, 0.6) is 5.75 Å². The number of allylic oxidation sites excluding steroid dienone is 1. The standard InChI is InChI=1S/C21H24N2O2/c1-4-11-10-23-16-8-13(11)18-17(23)9-21(20(18)24)14-6-5-12(25-3)7-15(14)22(2)19(16)21/h4-7,13,16-19H,8-10H2,1-3H3/b11-4-/t13-,16-,17-,18?,19-,21+/m0/s1. The zero-order valence-electron chi connectivity index (χ0n) is 15.0. The zero-order valence-corrected chi connectivity index (χ0v) is 15.0. The maximum Gasteiger partial charge on any atom is 0.150 e. The third-order valence-corrected chi connectivity index (χ3v) is 8.03. The number of carbonyl (C=O) groups excluding carboxylic acids is 1. The summed E-state index contributed by atoms with van der Waals surface area (Å²) in [6, 6.07) is 7.57. The molecule has 0 amide bonds. The van der Waals surface area contributed by atoms with Crippen LogP contribution in [0.3, 0.4) is 0 Å². The lowest BCUT2D eigenvalue weighted by atomic mass is 9.65. The number of rotatable bonds is 1. The van der Waals surface area contributed by atoms with Gasteiger partial charge in [0.15, 0.2) is 5.78 Å². The number of ether oxygens (including phenoxy) is 1. The van der Waals surface area contributed by atoms with E-state index in [9.17, 15) is 4.79 Å². The smallest absolute Gasteiger partial charge is 0.150 e. The fourth-order valence-corrected chi connectivity index (χ4v) is 7.20. The summed E-state index contributed by atoms with van der Waals surface area (Å²) in [5.41, 5.74) is 3.67. The predicted molar refractivity (Wildman–Crippen MR) is 96.1 cm³/mol. The van der Waals surface area contributed by atoms with E-state index >= 15 is 0 Å². The molecule has 5 fully saturated rings. The highest BCUT2D eigenvalue weighted by atomic mass is 16.5. The third kappa shape index (κ3) is 1.34. The van der Waals surface area contributed by atoms with Crippen LogP contribution in [0.1, 0.15) is 25.3 Å². The molecule has 1 aliphatic carbocycles. The minimum absolute atomic E-state index is 0.211. The highest BCUT2D eigenvalue weighted by Crippen LogP contribution is 2.66. The van der Waals surface area contributed by atoms with Crippen molar-refractivity contribution < 1.29 is 9.53 Å². The molecular weight excluding hydrogens is 312 g/mol. The third-order valence-electron chi connectivity index (χ3n) is 8.03. The highest BCUT2D eigenvalue weighted by Gasteiger charge is 2.74. The van der Waals surface area contributed by atoms with Gasteiger partial charge in [0.25, 0.3) is 0 Å².